The first-order valence-corrected chi connectivity index (χ1v) is 10.2. The van der Waals surface area contributed by atoms with Crippen LogP contribution in [0.25, 0.3) is 10.9 Å². The van der Waals surface area contributed by atoms with Gasteiger partial charge in [-0.1, -0.05) is 41.9 Å². The molecule has 1 saturated carbocycles. The van der Waals surface area contributed by atoms with E-state index in [1.165, 1.54) is 27.6 Å². The molecule has 2 aromatic carbocycles. The SMILES string of the molecule is CSCc1cccc2c(C(c3ccc(Cl)cc3)C3CC3C#N)c[nH]c12. The lowest BCUT2D eigenvalue weighted by Crippen LogP contribution is -2.04. The molecule has 25 heavy (non-hydrogen) atoms. The molecule has 3 atom stereocenters. The number of benzene rings is 2. The zero-order valence-electron chi connectivity index (χ0n) is 14.0. The molecule has 126 valence electrons. The van der Waals surface area contributed by atoms with Crippen molar-refractivity contribution in [1.82, 2.24) is 4.98 Å². The van der Waals surface area contributed by atoms with Crippen LogP contribution in [0.1, 0.15) is 29.0 Å². The van der Waals surface area contributed by atoms with E-state index in [0.717, 1.165) is 17.2 Å². The van der Waals surface area contributed by atoms with Gasteiger partial charge in [0.1, 0.15) is 0 Å². The average Bonchev–Trinajstić information content (AvgIpc) is 3.28. The topological polar surface area (TPSA) is 39.6 Å². The second kappa shape index (κ2) is 6.78. The molecule has 1 aromatic heterocycles. The van der Waals surface area contributed by atoms with Crippen molar-refractivity contribution in [2.75, 3.05) is 6.26 Å². The van der Waals surface area contributed by atoms with Gasteiger partial charge < -0.3 is 4.98 Å². The van der Waals surface area contributed by atoms with Crippen molar-refractivity contribution >= 4 is 34.3 Å². The Hall–Kier alpha value is -1.89. The first-order chi connectivity index (χ1) is 12.2. The van der Waals surface area contributed by atoms with Crippen LogP contribution in [0.2, 0.25) is 5.02 Å². The van der Waals surface area contributed by atoms with Gasteiger partial charge in [0.25, 0.3) is 0 Å². The fourth-order valence-corrected chi connectivity index (χ4v) is 4.51. The van der Waals surface area contributed by atoms with E-state index >= 15 is 0 Å². The molecule has 0 bridgehead atoms. The largest absolute Gasteiger partial charge is 0.361 e. The number of aromatic nitrogens is 1. The molecule has 1 fully saturated rings. The number of H-pyrrole nitrogens is 1. The second-order valence-corrected chi connectivity index (χ2v) is 7.98. The average molecular weight is 367 g/mol. The number of fused-ring (bicyclic) bond motifs is 1. The Bertz CT molecular complexity index is 939. The van der Waals surface area contributed by atoms with Crippen molar-refractivity contribution in [3.63, 3.8) is 0 Å². The van der Waals surface area contributed by atoms with Crippen LogP contribution in [0.5, 0.6) is 0 Å². The van der Waals surface area contributed by atoms with E-state index in [4.69, 9.17) is 11.6 Å². The maximum Gasteiger partial charge on any atom is 0.0659 e. The van der Waals surface area contributed by atoms with Gasteiger partial charge in [-0.2, -0.15) is 17.0 Å². The molecule has 1 aliphatic carbocycles. The first kappa shape index (κ1) is 16.6. The Morgan fingerprint density at radius 3 is 2.76 bits per heavy atom. The number of hydrogen-bond donors (Lipinski definition) is 1. The minimum Gasteiger partial charge on any atom is -0.361 e. The molecule has 4 heteroatoms. The standard InChI is InChI=1S/C21H19ClN2S/c1-25-12-14-3-2-4-17-19(11-24-21(14)17)20(18-9-15(18)10-23)13-5-7-16(22)8-6-13/h2-8,11,15,18,20,24H,9,12H2,1H3. The summed E-state index contributed by atoms with van der Waals surface area (Å²) in [6.07, 6.45) is 5.24. The van der Waals surface area contributed by atoms with Gasteiger partial charge in [0.2, 0.25) is 0 Å². The molecule has 4 rings (SSSR count). The molecular weight excluding hydrogens is 348 g/mol. The Morgan fingerprint density at radius 1 is 1.28 bits per heavy atom. The van der Waals surface area contributed by atoms with Crippen LogP contribution >= 0.6 is 23.4 Å². The van der Waals surface area contributed by atoms with Crippen molar-refractivity contribution in [3.05, 3.63) is 70.4 Å². The molecule has 3 unspecified atom stereocenters. The Kier molecular flexibility index (Phi) is 4.50. The highest BCUT2D eigenvalue weighted by atomic mass is 35.5. The minimum absolute atomic E-state index is 0.153. The lowest BCUT2D eigenvalue weighted by molar-refractivity contribution is 0.680. The summed E-state index contributed by atoms with van der Waals surface area (Å²) in [5.41, 5.74) is 5.09. The lowest BCUT2D eigenvalue weighted by atomic mass is 9.86. The molecule has 1 heterocycles. The van der Waals surface area contributed by atoms with Gasteiger partial charge in [-0.3, -0.25) is 0 Å². The number of nitrogens with zero attached hydrogens (tertiary/aromatic N) is 1. The summed E-state index contributed by atoms with van der Waals surface area (Å²) in [5.74, 6) is 1.77. The monoisotopic (exact) mass is 366 g/mol. The summed E-state index contributed by atoms with van der Waals surface area (Å²) in [7, 11) is 0. The quantitative estimate of drug-likeness (QED) is 0.603. The Labute approximate surface area is 157 Å². The van der Waals surface area contributed by atoms with E-state index in [2.05, 4.69) is 53.8 Å². The van der Waals surface area contributed by atoms with Crippen LogP contribution in [0.4, 0.5) is 0 Å². The van der Waals surface area contributed by atoms with Crippen LogP contribution in [0.15, 0.2) is 48.7 Å². The van der Waals surface area contributed by atoms with Gasteiger partial charge in [-0.15, -0.1) is 0 Å². The molecular formula is C21H19ClN2S. The van der Waals surface area contributed by atoms with Crippen molar-refractivity contribution in [3.8, 4) is 6.07 Å². The fourth-order valence-electron chi connectivity index (χ4n) is 3.83. The molecule has 1 N–H and O–H groups in total. The third-order valence-corrected chi connectivity index (χ3v) is 5.98. The van der Waals surface area contributed by atoms with E-state index in [1.807, 2.05) is 23.9 Å². The second-order valence-electron chi connectivity index (χ2n) is 6.68. The number of halogens is 1. The van der Waals surface area contributed by atoms with Gasteiger partial charge in [-0.05, 0) is 47.4 Å². The molecule has 0 aliphatic heterocycles. The van der Waals surface area contributed by atoms with Gasteiger partial charge in [0, 0.05) is 33.8 Å². The summed E-state index contributed by atoms with van der Waals surface area (Å²) in [6, 6.07) is 17.1. The van der Waals surface area contributed by atoms with Gasteiger partial charge in [-0.25, -0.2) is 0 Å². The first-order valence-electron chi connectivity index (χ1n) is 8.45. The highest BCUT2D eigenvalue weighted by Crippen LogP contribution is 2.52. The molecule has 0 radical (unpaired) electrons. The third kappa shape index (κ3) is 3.05. The van der Waals surface area contributed by atoms with Gasteiger partial charge >= 0.3 is 0 Å². The van der Waals surface area contributed by atoms with Crippen LogP contribution in [0.3, 0.4) is 0 Å². The number of thioether (sulfide) groups is 1. The number of nitrogens with one attached hydrogen (secondary N) is 1. The lowest BCUT2D eigenvalue weighted by Gasteiger charge is -2.17. The zero-order valence-corrected chi connectivity index (χ0v) is 15.6. The molecule has 1 aliphatic rings. The zero-order chi connectivity index (χ0) is 17.4. The van der Waals surface area contributed by atoms with Crippen LogP contribution < -0.4 is 0 Å². The fraction of sp³-hybridized carbons (Fsp3) is 0.286. The van der Waals surface area contributed by atoms with Crippen molar-refractivity contribution in [1.29, 1.82) is 5.26 Å². The maximum atomic E-state index is 9.36. The summed E-state index contributed by atoms with van der Waals surface area (Å²) < 4.78 is 0. The van der Waals surface area contributed by atoms with E-state index in [9.17, 15) is 5.26 Å². The number of rotatable bonds is 5. The van der Waals surface area contributed by atoms with Crippen molar-refractivity contribution in [2.24, 2.45) is 11.8 Å². The molecule has 2 nitrogen and oxygen atoms in total. The molecule has 0 amide bonds. The summed E-state index contributed by atoms with van der Waals surface area (Å²) >= 11 is 7.91. The van der Waals surface area contributed by atoms with Crippen LogP contribution in [-0.4, -0.2) is 11.2 Å². The predicted octanol–water partition coefficient (Wildman–Crippen LogP) is 5.98. The van der Waals surface area contributed by atoms with Gasteiger partial charge in [0.05, 0.1) is 12.0 Å². The highest BCUT2D eigenvalue weighted by Gasteiger charge is 2.45. The van der Waals surface area contributed by atoms with E-state index in [0.29, 0.717) is 5.92 Å². The summed E-state index contributed by atoms with van der Waals surface area (Å²) in [6.45, 7) is 0. The van der Waals surface area contributed by atoms with E-state index in [-0.39, 0.29) is 11.8 Å². The Morgan fingerprint density at radius 2 is 2.08 bits per heavy atom. The number of para-hydroxylation sites is 1. The molecule has 0 saturated heterocycles. The summed E-state index contributed by atoms with van der Waals surface area (Å²) in [4.78, 5) is 3.50. The maximum absolute atomic E-state index is 9.36. The van der Waals surface area contributed by atoms with Gasteiger partial charge in [0.15, 0.2) is 0 Å². The van der Waals surface area contributed by atoms with Crippen molar-refractivity contribution < 1.29 is 0 Å². The molecule has 3 aromatic rings. The smallest absolute Gasteiger partial charge is 0.0659 e. The molecule has 0 spiro atoms. The minimum atomic E-state index is 0.153. The van der Waals surface area contributed by atoms with Crippen molar-refractivity contribution in [2.45, 2.75) is 18.1 Å². The van der Waals surface area contributed by atoms with Crippen LogP contribution in [0, 0.1) is 23.2 Å². The Balaban J connectivity index is 1.83. The highest BCUT2D eigenvalue weighted by molar-refractivity contribution is 7.97. The third-order valence-electron chi connectivity index (χ3n) is 5.13. The van der Waals surface area contributed by atoms with E-state index in [1.54, 1.807) is 0 Å². The number of nitriles is 1. The number of hydrogen-bond acceptors (Lipinski definition) is 2. The number of aromatic amines is 1. The summed E-state index contributed by atoms with van der Waals surface area (Å²) in [5, 5.41) is 11.4. The van der Waals surface area contributed by atoms with E-state index < -0.39 is 0 Å². The predicted molar refractivity (Wildman–Crippen MR) is 106 cm³/mol. The normalized spacial score (nSPS) is 20.4. The van der Waals surface area contributed by atoms with Crippen LogP contribution in [-0.2, 0) is 5.75 Å².